The average Bonchev–Trinajstić information content (AvgIpc) is 3.80. The van der Waals surface area contributed by atoms with Gasteiger partial charge in [0, 0.05) is 73.5 Å². The monoisotopic (exact) mass is 793 g/mol. The number of nitrogens with one attached hydrogen (secondary N) is 1. The average molecular weight is 794 g/mol. The number of aromatic nitrogens is 3. The number of likely N-dealkylation sites (N-methyl/N-ethyl adjacent to an activating group) is 1. The van der Waals surface area contributed by atoms with Crippen molar-refractivity contribution in [1.29, 1.82) is 0 Å². The molecule has 3 heterocycles. The van der Waals surface area contributed by atoms with Crippen molar-refractivity contribution >= 4 is 22.5 Å². The Morgan fingerprint density at radius 1 is 0.810 bits per heavy atom. The van der Waals surface area contributed by atoms with Crippen LogP contribution in [-0.4, -0.2) is 91.3 Å². The SMILES string of the molecule is CCN(CC)C(=O)Cc1c(-c2ccc(OCCCOCCOCCOCCNCc3ccc4cc(CCc5ccc(F)cc5)oc4c3)cc2)nn2c(C)cc(C)nc12. The number of halogens is 1. The molecule has 0 aliphatic rings. The summed E-state index contributed by atoms with van der Waals surface area (Å²) in [6.07, 6.45) is 2.57. The first kappa shape index (κ1) is 42.5. The molecule has 6 rings (SSSR count). The Morgan fingerprint density at radius 3 is 2.26 bits per heavy atom. The third-order valence-electron chi connectivity index (χ3n) is 9.97. The van der Waals surface area contributed by atoms with Crippen molar-refractivity contribution in [3.8, 4) is 17.0 Å². The van der Waals surface area contributed by atoms with Crippen LogP contribution in [0.5, 0.6) is 5.75 Å². The second-order valence-electron chi connectivity index (χ2n) is 14.3. The van der Waals surface area contributed by atoms with Crippen molar-refractivity contribution < 1.29 is 32.5 Å². The molecule has 0 aliphatic carbocycles. The van der Waals surface area contributed by atoms with Crippen LogP contribution < -0.4 is 10.1 Å². The summed E-state index contributed by atoms with van der Waals surface area (Å²) in [6.45, 7) is 14.5. The summed E-state index contributed by atoms with van der Waals surface area (Å²) in [4.78, 5) is 19.7. The predicted molar refractivity (Wildman–Crippen MR) is 224 cm³/mol. The topological polar surface area (TPSA) is 113 Å². The highest BCUT2D eigenvalue weighted by atomic mass is 19.1. The maximum Gasteiger partial charge on any atom is 0.227 e. The second kappa shape index (κ2) is 21.6. The number of fused-ring (bicyclic) bond motifs is 2. The molecule has 1 amide bonds. The van der Waals surface area contributed by atoms with E-state index in [1.807, 2.05) is 79.6 Å². The van der Waals surface area contributed by atoms with E-state index in [1.54, 1.807) is 0 Å². The number of benzene rings is 3. The van der Waals surface area contributed by atoms with Gasteiger partial charge in [0.1, 0.15) is 22.9 Å². The zero-order valence-electron chi connectivity index (χ0n) is 34.2. The first-order chi connectivity index (χ1) is 28.3. The zero-order chi connectivity index (χ0) is 40.7. The van der Waals surface area contributed by atoms with Gasteiger partial charge in [-0.15, -0.1) is 0 Å². The standard InChI is InChI=1S/C46H56FN5O6/c1-5-51(6-2)44(53)31-42-45(50-52-34(4)28-33(3)49-46(42)52)37-13-18-40(19-14-37)57-22-7-21-54-24-26-56-27-25-55-23-20-48-32-36-8-12-38-30-41(58-43(38)29-36)17-11-35-9-15-39(47)16-10-35/h8-10,12-16,18-19,28-30,48H,5-7,11,17,20-27,31-32H2,1-4H3. The van der Waals surface area contributed by atoms with E-state index in [4.69, 9.17) is 33.4 Å². The number of ether oxygens (including phenoxy) is 4. The number of hydrogen-bond acceptors (Lipinski definition) is 9. The largest absolute Gasteiger partial charge is 0.494 e. The number of nitrogens with zero attached hydrogens (tertiary/aromatic N) is 4. The van der Waals surface area contributed by atoms with Crippen molar-refractivity contribution in [1.82, 2.24) is 24.8 Å². The highest BCUT2D eigenvalue weighted by Gasteiger charge is 2.22. The normalized spacial score (nSPS) is 11.5. The summed E-state index contributed by atoms with van der Waals surface area (Å²) in [7, 11) is 0. The molecule has 0 aliphatic heterocycles. The molecule has 308 valence electrons. The van der Waals surface area contributed by atoms with Crippen LogP contribution in [0.2, 0.25) is 0 Å². The Balaban J connectivity index is 0.802. The first-order valence-electron chi connectivity index (χ1n) is 20.4. The lowest BCUT2D eigenvalue weighted by atomic mass is 10.0. The van der Waals surface area contributed by atoms with Crippen LogP contribution in [0.4, 0.5) is 4.39 Å². The first-order valence-corrected chi connectivity index (χ1v) is 20.4. The van der Waals surface area contributed by atoms with Crippen molar-refractivity contribution in [3.05, 3.63) is 119 Å². The quantitative estimate of drug-likeness (QED) is 0.0617. The van der Waals surface area contributed by atoms with Gasteiger partial charge in [0.2, 0.25) is 5.91 Å². The Morgan fingerprint density at radius 2 is 1.52 bits per heavy atom. The van der Waals surface area contributed by atoms with Crippen LogP contribution in [0.15, 0.2) is 83.3 Å². The molecule has 1 N–H and O–H groups in total. The van der Waals surface area contributed by atoms with E-state index in [1.165, 1.54) is 12.1 Å². The van der Waals surface area contributed by atoms with Gasteiger partial charge in [-0.05, 0) is 99.8 Å². The number of rotatable bonds is 24. The number of amides is 1. The molecule has 0 atom stereocenters. The molecular weight excluding hydrogens is 738 g/mol. The molecule has 0 bridgehead atoms. The van der Waals surface area contributed by atoms with Crippen LogP contribution in [0.25, 0.3) is 27.9 Å². The number of aryl methyl sites for hydroxylation is 4. The molecule has 0 saturated heterocycles. The van der Waals surface area contributed by atoms with Crippen LogP contribution >= 0.6 is 0 Å². The molecule has 3 aromatic carbocycles. The van der Waals surface area contributed by atoms with Gasteiger partial charge in [0.25, 0.3) is 0 Å². The third-order valence-corrected chi connectivity index (χ3v) is 9.97. The lowest BCUT2D eigenvalue weighted by molar-refractivity contribution is -0.130. The van der Waals surface area contributed by atoms with Gasteiger partial charge in [-0.2, -0.15) is 5.10 Å². The predicted octanol–water partition coefficient (Wildman–Crippen LogP) is 7.70. The fourth-order valence-corrected chi connectivity index (χ4v) is 6.86. The molecule has 0 spiro atoms. The molecule has 0 saturated carbocycles. The van der Waals surface area contributed by atoms with E-state index in [-0.39, 0.29) is 18.1 Å². The fraction of sp³-hybridized carbons (Fsp3) is 0.413. The maximum absolute atomic E-state index is 13.2. The Bertz CT molecular complexity index is 2200. The maximum atomic E-state index is 13.2. The van der Waals surface area contributed by atoms with Crippen molar-refractivity contribution in [2.24, 2.45) is 0 Å². The Hall–Kier alpha value is -5.14. The highest BCUT2D eigenvalue weighted by Crippen LogP contribution is 2.29. The molecule has 11 nitrogen and oxygen atoms in total. The van der Waals surface area contributed by atoms with Crippen molar-refractivity contribution in [2.45, 2.75) is 59.9 Å². The molecule has 3 aromatic heterocycles. The van der Waals surface area contributed by atoms with Gasteiger partial charge in [0.15, 0.2) is 5.65 Å². The Labute approximate surface area is 340 Å². The van der Waals surface area contributed by atoms with E-state index >= 15 is 0 Å². The van der Waals surface area contributed by atoms with E-state index < -0.39 is 0 Å². The van der Waals surface area contributed by atoms with Gasteiger partial charge < -0.3 is 33.6 Å². The van der Waals surface area contributed by atoms with Gasteiger partial charge >= 0.3 is 0 Å². The molecular formula is C46H56FN5O6. The molecule has 0 radical (unpaired) electrons. The molecule has 0 fully saturated rings. The number of carbonyl (C=O) groups is 1. The van der Waals surface area contributed by atoms with Crippen molar-refractivity contribution in [2.75, 3.05) is 65.9 Å². The highest BCUT2D eigenvalue weighted by molar-refractivity contribution is 5.85. The summed E-state index contributed by atoms with van der Waals surface area (Å²) in [5.41, 5.74) is 8.21. The zero-order valence-corrected chi connectivity index (χ0v) is 34.2. The van der Waals surface area contributed by atoms with Crippen LogP contribution in [0, 0.1) is 19.7 Å². The van der Waals surface area contributed by atoms with Crippen LogP contribution in [-0.2, 0) is 44.8 Å². The summed E-state index contributed by atoms with van der Waals surface area (Å²) in [6, 6.07) is 24.8. The van der Waals surface area contributed by atoms with Crippen LogP contribution in [0.1, 0.15) is 54.1 Å². The van der Waals surface area contributed by atoms with Gasteiger partial charge in [-0.25, -0.2) is 13.9 Å². The summed E-state index contributed by atoms with van der Waals surface area (Å²) in [5.74, 6) is 1.54. The third kappa shape index (κ3) is 12.0. The van der Waals surface area contributed by atoms with Crippen LogP contribution in [0.3, 0.4) is 0 Å². The Kier molecular flexibility index (Phi) is 15.8. The fourth-order valence-electron chi connectivity index (χ4n) is 6.86. The van der Waals surface area contributed by atoms with Crippen molar-refractivity contribution in [3.63, 3.8) is 0 Å². The summed E-state index contributed by atoms with van der Waals surface area (Å²) >= 11 is 0. The summed E-state index contributed by atoms with van der Waals surface area (Å²) in [5, 5.41) is 9.39. The minimum atomic E-state index is -0.217. The molecule has 6 aromatic rings. The minimum absolute atomic E-state index is 0.0645. The number of hydrogen-bond donors (Lipinski definition) is 1. The molecule has 58 heavy (non-hydrogen) atoms. The number of carbonyl (C=O) groups excluding carboxylic acids is 1. The van der Waals surface area contributed by atoms with Gasteiger partial charge in [-0.1, -0.05) is 24.3 Å². The summed E-state index contributed by atoms with van der Waals surface area (Å²) < 4.78 is 44.1. The minimum Gasteiger partial charge on any atom is -0.494 e. The van der Waals surface area contributed by atoms with E-state index in [0.717, 1.165) is 99.8 Å². The lowest BCUT2D eigenvalue weighted by Gasteiger charge is -2.18. The van der Waals surface area contributed by atoms with E-state index in [0.29, 0.717) is 59.3 Å². The lowest BCUT2D eigenvalue weighted by Crippen LogP contribution is -2.31. The van der Waals surface area contributed by atoms with E-state index in [9.17, 15) is 9.18 Å². The number of furan rings is 1. The van der Waals surface area contributed by atoms with Gasteiger partial charge in [0.05, 0.1) is 51.8 Å². The molecule has 12 heteroatoms. The smallest absolute Gasteiger partial charge is 0.227 e. The second-order valence-corrected chi connectivity index (χ2v) is 14.3. The van der Waals surface area contributed by atoms with E-state index in [2.05, 4.69) is 29.6 Å². The van der Waals surface area contributed by atoms with Gasteiger partial charge in [-0.3, -0.25) is 4.79 Å². The molecule has 0 unspecified atom stereocenters.